The highest BCUT2D eigenvalue weighted by atomic mass is 16.2. The lowest BCUT2D eigenvalue weighted by Gasteiger charge is -2.48. The van der Waals surface area contributed by atoms with Crippen LogP contribution in [0.2, 0.25) is 0 Å². The second-order valence-electron chi connectivity index (χ2n) is 6.39. The molecule has 0 bridgehead atoms. The van der Waals surface area contributed by atoms with Gasteiger partial charge in [0.2, 0.25) is 11.8 Å². The first kappa shape index (κ1) is 15.0. The van der Waals surface area contributed by atoms with E-state index in [1.54, 1.807) is 4.90 Å². The van der Waals surface area contributed by atoms with Crippen molar-refractivity contribution in [1.29, 1.82) is 0 Å². The largest absolute Gasteiger partial charge is 0.342 e. The average molecular weight is 254 g/mol. The smallest absolute Gasteiger partial charge is 0.246 e. The van der Waals surface area contributed by atoms with Crippen LogP contribution in [0.15, 0.2) is 0 Å². The first-order chi connectivity index (χ1) is 8.18. The molecule has 4 nitrogen and oxygen atoms in total. The van der Waals surface area contributed by atoms with Crippen molar-refractivity contribution < 1.29 is 9.59 Å². The minimum atomic E-state index is -0.700. The van der Waals surface area contributed by atoms with E-state index in [0.717, 1.165) is 6.42 Å². The van der Waals surface area contributed by atoms with E-state index in [1.165, 1.54) is 0 Å². The van der Waals surface area contributed by atoms with Crippen molar-refractivity contribution >= 4 is 11.8 Å². The molecule has 0 radical (unpaired) electrons. The van der Waals surface area contributed by atoms with Crippen LogP contribution in [-0.4, -0.2) is 34.8 Å². The molecule has 1 saturated heterocycles. The summed E-state index contributed by atoms with van der Waals surface area (Å²) in [4.78, 5) is 26.7. The van der Waals surface area contributed by atoms with Crippen molar-refractivity contribution in [2.45, 2.75) is 66.0 Å². The molecule has 0 saturated carbocycles. The third-order valence-electron chi connectivity index (χ3n) is 3.87. The molecular weight excluding hydrogens is 228 g/mol. The number of hydrogen-bond acceptors (Lipinski definition) is 2. The van der Waals surface area contributed by atoms with Crippen LogP contribution >= 0.6 is 0 Å². The lowest BCUT2D eigenvalue weighted by atomic mass is 9.80. The van der Waals surface area contributed by atoms with E-state index < -0.39 is 11.6 Å². The van der Waals surface area contributed by atoms with E-state index in [9.17, 15) is 9.59 Å². The highest BCUT2D eigenvalue weighted by Gasteiger charge is 2.50. The molecule has 2 unspecified atom stereocenters. The highest BCUT2D eigenvalue weighted by Crippen LogP contribution is 2.31. The third-order valence-corrected chi connectivity index (χ3v) is 3.87. The van der Waals surface area contributed by atoms with Crippen LogP contribution in [0.3, 0.4) is 0 Å². The summed E-state index contributed by atoms with van der Waals surface area (Å²) in [6.07, 6.45) is 1.51. The van der Waals surface area contributed by atoms with Crippen LogP contribution in [0.1, 0.15) is 54.4 Å². The molecule has 0 aromatic heterocycles. The molecule has 0 aromatic rings. The van der Waals surface area contributed by atoms with Gasteiger partial charge in [0.05, 0.1) is 0 Å². The average Bonchev–Trinajstić information content (AvgIpc) is 2.27. The lowest BCUT2D eigenvalue weighted by Crippen LogP contribution is -2.71. The van der Waals surface area contributed by atoms with Crippen molar-refractivity contribution in [3.8, 4) is 0 Å². The van der Waals surface area contributed by atoms with Gasteiger partial charge in [-0.2, -0.15) is 0 Å². The number of amides is 2. The molecule has 1 rings (SSSR count). The second-order valence-corrected chi connectivity index (χ2v) is 6.39. The van der Waals surface area contributed by atoms with Gasteiger partial charge in [-0.1, -0.05) is 34.6 Å². The fourth-order valence-electron chi connectivity index (χ4n) is 2.39. The van der Waals surface area contributed by atoms with Gasteiger partial charge >= 0.3 is 0 Å². The van der Waals surface area contributed by atoms with Gasteiger partial charge in [-0.15, -0.1) is 0 Å². The van der Waals surface area contributed by atoms with Crippen LogP contribution < -0.4 is 5.32 Å². The molecule has 0 aliphatic carbocycles. The maximum atomic E-state index is 12.6. The molecule has 1 aliphatic heterocycles. The molecule has 0 aromatic carbocycles. The molecule has 2 amide bonds. The Balaban J connectivity index is 3.13. The van der Waals surface area contributed by atoms with Crippen molar-refractivity contribution in [2.24, 2.45) is 5.41 Å². The zero-order chi connectivity index (χ0) is 14.1. The van der Waals surface area contributed by atoms with Gasteiger partial charge in [-0.05, 0) is 25.2 Å². The predicted octanol–water partition coefficient (Wildman–Crippen LogP) is 1.94. The first-order valence-corrected chi connectivity index (χ1v) is 6.81. The predicted molar refractivity (Wildman–Crippen MR) is 72.1 cm³/mol. The molecule has 0 spiro atoms. The highest BCUT2D eigenvalue weighted by molar-refractivity contribution is 5.99. The number of carbonyl (C=O) groups is 2. The maximum Gasteiger partial charge on any atom is 0.246 e. The van der Waals surface area contributed by atoms with Gasteiger partial charge in [-0.3, -0.25) is 9.59 Å². The van der Waals surface area contributed by atoms with Crippen LogP contribution in [0.4, 0.5) is 0 Å². The van der Waals surface area contributed by atoms with Crippen molar-refractivity contribution in [3.63, 3.8) is 0 Å². The summed E-state index contributed by atoms with van der Waals surface area (Å²) in [5.74, 6) is 0.0197. The molecule has 1 aliphatic rings. The molecule has 1 heterocycles. The van der Waals surface area contributed by atoms with Crippen molar-refractivity contribution in [3.05, 3.63) is 0 Å². The van der Waals surface area contributed by atoms with E-state index in [0.29, 0.717) is 13.0 Å². The van der Waals surface area contributed by atoms with Crippen molar-refractivity contribution in [1.82, 2.24) is 10.2 Å². The molecule has 2 atom stereocenters. The Morgan fingerprint density at radius 2 is 1.83 bits per heavy atom. The summed E-state index contributed by atoms with van der Waals surface area (Å²) in [7, 11) is 0. The van der Waals surface area contributed by atoms with Gasteiger partial charge < -0.3 is 10.2 Å². The SMILES string of the molecule is CCCN1C(=O)C(C(C)(C)C)NC(=O)C1(C)CC. The Hall–Kier alpha value is -1.06. The van der Waals surface area contributed by atoms with E-state index in [-0.39, 0.29) is 17.2 Å². The number of piperazine rings is 1. The summed E-state index contributed by atoms with van der Waals surface area (Å²) in [5.41, 5.74) is -0.956. The number of rotatable bonds is 3. The summed E-state index contributed by atoms with van der Waals surface area (Å²) in [5, 5.41) is 2.91. The molecule has 104 valence electrons. The minimum absolute atomic E-state index is 0.0297. The molecular formula is C14H26N2O2. The van der Waals surface area contributed by atoms with E-state index in [2.05, 4.69) is 5.32 Å². The van der Waals surface area contributed by atoms with E-state index >= 15 is 0 Å². The second kappa shape index (κ2) is 4.90. The maximum absolute atomic E-state index is 12.6. The van der Waals surface area contributed by atoms with E-state index in [4.69, 9.17) is 0 Å². The quantitative estimate of drug-likeness (QED) is 0.836. The molecule has 18 heavy (non-hydrogen) atoms. The number of carbonyl (C=O) groups excluding carboxylic acids is 2. The molecule has 1 N–H and O–H groups in total. The summed E-state index contributed by atoms with van der Waals surface area (Å²) < 4.78 is 0. The summed E-state index contributed by atoms with van der Waals surface area (Å²) in [6.45, 7) is 12.4. The van der Waals surface area contributed by atoms with E-state index in [1.807, 2.05) is 41.5 Å². The zero-order valence-corrected chi connectivity index (χ0v) is 12.5. The van der Waals surface area contributed by atoms with Gasteiger partial charge in [0.25, 0.3) is 0 Å². The van der Waals surface area contributed by atoms with Crippen molar-refractivity contribution in [2.75, 3.05) is 6.54 Å². The van der Waals surface area contributed by atoms with Gasteiger partial charge in [-0.25, -0.2) is 0 Å². The standard InChI is InChI=1S/C14H26N2O2/c1-7-9-16-11(17)10(13(3,4)5)15-12(18)14(16,6)8-2/h10H,7-9H2,1-6H3,(H,15,18). The Bertz CT molecular complexity index is 346. The number of nitrogens with one attached hydrogen (secondary N) is 1. The molecule has 1 fully saturated rings. The number of nitrogens with zero attached hydrogens (tertiary/aromatic N) is 1. The fourth-order valence-corrected chi connectivity index (χ4v) is 2.39. The van der Waals surface area contributed by atoms with Gasteiger partial charge in [0.1, 0.15) is 11.6 Å². The van der Waals surface area contributed by atoms with Gasteiger partial charge in [0.15, 0.2) is 0 Å². The Morgan fingerprint density at radius 1 is 1.28 bits per heavy atom. The lowest BCUT2D eigenvalue weighted by molar-refractivity contribution is -0.159. The summed E-state index contributed by atoms with van der Waals surface area (Å²) in [6, 6.07) is -0.420. The Morgan fingerprint density at radius 3 is 2.22 bits per heavy atom. The Labute approximate surface area is 110 Å². The first-order valence-electron chi connectivity index (χ1n) is 6.81. The van der Waals surface area contributed by atoms with Crippen LogP contribution in [-0.2, 0) is 9.59 Å². The normalized spacial score (nSPS) is 29.4. The van der Waals surface area contributed by atoms with Crippen LogP contribution in [0, 0.1) is 5.41 Å². The third kappa shape index (κ3) is 2.38. The fraction of sp³-hybridized carbons (Fsp3) is 0.857. The summed E-state index contributed by atoms with van der Waals surface area (Å²) >= 11 is 0. The van der Waals surface area contributed by atoms with Crippen LogP contribution in [0.25, 0.3) is 0 Å². The number of hydrogen-bond donors (Lipinski definition) is 1. The van der Waals surface area contributed by atoms with Crippen LogP contribution in [0.5, 0.6) is 0 Å². The topological polar surface area (TPSA) is 49.4 Å². The molecule has 4 heteroatoms. The van der Waals surface area contributed by atoms with Gasteiger partial charge in [0, 0.05) is 6.54 Å². The zero-order valence-electron chi connectivity index (χ0n) is 12.5. The minimum Gasteiger partial charge on any atom is -0.342 e. The monoisotopic (exact) mass is 254 g/mol. The Kier molecular flexibility index (Phi) is 4.08.